The van der Waals surface area contributed by atoms with Crippen molar-refractivity contribution in [2.24, 2.45) is 5.92 Å². The van der Waals surface area contributed by atoms with Crippen LogP contribution in [0.5, 0.6) is 5.75 Å². The van der Waals surface area contributed by atoms with Gasteiger partial charge >= 0.3 is 0 Å². The van der Waals surface area contributed by atoms with E-state index in [2.05, 4.69) is 21.8 Å². The van der Waals surface area contributed by atoms with Crippen LogP contribution in [0.4, 0.5) is 5.82 Å². The number of halogens is 1. The fraction of sp³-hybridized carbons (Fsp3) is 0.348. The lowest BCUT2D eigenvalue weighted by Crippen LogP contribution is -2.21. The van der Waals surface area contributed by atoms with E-state index >= 15 is 0 Å². The summed E-state index contributed by atoms with van der Waals surface area (Å²) in [5.41, 5.74) is 1.31. The topological polar surface area (TPSA) is 60.2 Å². The molecule has 1 aliphatic heterocycles. The van der Waals surface area contributed by atoms with Gasteiger partial charge in [0.1, 0.15) is 18.2 Å². The van der Waals surface area contributed by atoms with Gasteiger partial charge in [-0.2, -0.15) is 0 Å². The minimum atomic E-state index is -0.171. The van der Waals surface area contributed by atoms with Crippen LogP contribution in [0, 0.1) is 5.92 Å². The smallest absolute Gasteiger partial charge is 0.258 e. The van der Waals surface area contributed by atoms with Gasteiger partial charge in [-0.15, -0.1) is 0 Å². The van der Waals surface area contributed by atoms with Crippen LogP contribution in [-0.4, -0.2) is 27.6 Å². The molecule has 1 saturated heterocycles. The predicted octanol–water partition coefficient (Wildman–Crippen LogP) is 4.49. The Morgan fingerprint density at radius 1 is 1.17 bits per heavy atom. The molecule has 0 saturated carbocycles. The Morgan fingerprint density at radius 2 is 2.07 bits per heavy atom. The van der Waals surface area contributed by atoms with E-state index < -0.39 is 0 Å². The molecule has 0 spiro atoms. The summed E-state index contributed by atoms with van der Waals surface area (Å²) in [7, 11) is 0. The molecule has 0 N–H and O–H groups in total. The highest BCUT2D eigenvalue weighted by Crippen LogP contribution is 2.25. The largest absolute Gasteiger partial charge is 0.487 e. The molecule has 7 heteroatoms. The molecule has 3 aromatic rings. The third kappa shape index (κ3) is 4.82. The summed E-state index contributed by atoms with van der Waals surface area (Å²) in [4.78, 5) is 23.7. The predicted molar refractivity (Wildman–Crippen MR) is 119 cm³/mol. The fourth-order valence-electron chi connectivity index (χ4n) is 3.81. The maximum absolute atomic E-state index is 12.6. The molecule has 1 atom stereocenters. The molecule has 0 radical (unpaired) electrons. The van der Waals surface area contributed by atoms with Crippen molar-refractivity contribution in [1.29, 1.82) is 0 Å². The first-order valence-corrected chi connectivity index (χ1v) is 10.7. The second kappa shape index (κ2) is 9.30. The maximum atomic E-state index is 12.6. The zero-order chi connectivity index (χ0) is 20.9. The first-order chi connectivity index (χ1) is 14.6. The van der Waals surface area contributed by atoms with E-state index in [-0.39, 0.29) is 12.2 Å². The van der Waals surface area contributed by atoms with E-state index in [1.807, 2.05) is 12.1 Å². The zero-order valence-corrected chi connectivity index (χ0v) is 17.8. The number of nitrogens with zero attached hydrogens (tertiary/aromatic N) is 4. The molecule has 156 valence electrons. The van der Waals surface area contributed by atoms with Gasteiger partial charge in [0.25, 0.3) is 5.56 Å². The lowest BCUT2D eigenvalue weighted by atomic mass is 10.0. The summed E-state index contributed by atoms with van der Waals surface area (Å²) < 4.78 is 7.24. The summed E-state index contributed by atoms with van der Waals surface area (Å²) in [5, 5.41) is 0.575. The summed E-state index contributed by atoms with van der Waals surface area (Å²) in [5.74, 6) is 2.23. The quantitative estimate of drug-likeness (QED) is 0.559. The second-order valence-corrected chi connectivity index (χ2v) is 8.03. The number of ether oxygens (including phenoxy) is 1. The van der Waals surface area contributed by atoms with Crippen LogP contribution < -0.4 is 15.2 Å². The van der Waals surface area contributed by atoms with Crippen molar-refractivity contribution in [3.05, 3.63) is 76.1 Å². The SMILES string of the molecule is CCC[C@H]1CCN(c2ccc(-n3ccc(OCc4ccc(Cl)cn4)cc3=O)cn2)C1. The molecule has 4 rings (SSSR count). The van der Waals surface area contributed by atoms with E-state index in [0.717, 1.165) is 36.2 Å². The normalized spacial score (nSPS) is 16.1. The highest BCUT2D eigenvalue weighted by Gasteiger charge is 2.22. The molecular formula is C23H25ClN4O2. The molecule has 0 bridgehead atoms. The van der Waals surface area contributed by atoms with Gasteiger partial charge in [0, 0.05) is 31.5 Å². The number of pyridine rings is 3. The summed E-state index contributed by atoms with van der Waals surface area (Å²) in [6.07, 6.45) is 8.75. The summed E-state index contributed by atoms with van der Waals surface area (Å²) >= 11 is 5.84. The molecule has 6 nitrogen and oxygen atoms in total. The monoisotopic (exact) mass is 424 g/mol. The van der Waals surface area contributed by atoms with Crippen LogP contribution in [0.3, 0.4) is 0 Å². The second-order valence-electron chi connectivity index (χ2n) is 7.59. The van der Waals surface area contributed by atoms with Crippen LogP contribution in [0.1, 0.15) is 31.9 Å². The Morgan fingerprint density at radius 3 is 2.77 bits per heavy atom. The van der Waals surface area contributed by atoms with Crippen LogP contribution in [0.2, 0.25) is 5.02 Å². The Balaban J connectivity index is 1.41. The standard InChI is InChI=1S/C23H25ClN4O2/c1-2-3-17-8-10-27(15-17)22-7-6-20(14-26-22)28-11-9-21(12-23(28)29)30-16-19-5-4-18(24)13-25-19/h4-7,9,11-14,17H,2-3,8,10,15-16H2,1H3/t17-/m0/s1. The van der Waals surface area contributed by atoms with Crippen molar-refractivity contribution in [2.75, 3.05) is 18.0 Å². The van der Waals surface area contributed by atoms with Crippen LogP contribution in [-0.2, 0) is 6.61 Å². The third-order valence-corrected chi connectivity index (χ3v) is 5.61. The van der Waals surface area contributed by atoms with Gasteiger partial charge in [-0.05, 0) is 49.1 Å². The Kier molecular flexibility index (Phi) is 6.33. The lowest BCUT2D eigenvalue weighted by Gasteiger charge is -2.18. The average molecular weight is 425 g/mol. The molecule has 3 aromatic heterocycles. The first kappa shape index (κ1) is 20.4. The minimum absolute atomic E-state index is 0.171. The molecule has 1 aliphatic rings. The van der Waals surface area contributed by atoms with Gasteiger partial charge in [0.2, 0.25) is 0 Å². The van der Waals surface area contributed by atoms with E-state index in [9.17, 15) is 4.79 Å². The molecule has 30 heavy (non-hydrogen) atoms. The number of aromatic nitrogens is 3. The van der Waals surface area contributed by atoms with Gasteiger partial charge in [-0.1, -0.05) is 24.9 Å². The summed E-state index contributed by atoms with van der Waals surface area (Å²) in [6, 6.07) is 10.7. The van der Waals surface area contributed by atoms with Crippen molar-refractivity contribution in [1.82, 2.24) is 14.5 Å². The number of hydrogen-bond acceptors (Lipinski definition) is 5. The molecule has 0 aliphatic carbocycles. The molecule has 0 amide bonds. The van der Waals surface area contributed by atoms with Crippen molar-refractivity contribution in [3.8, 4) is 11.4 Å². The van der Waals surface area contributed by atoms with Crippen molar-refractivity contribution >= 4 is 17.4 Å². The van der Waals surface area contributed by atoms with Gasteiger partial charge in [-0.25, -0.2) is 4.98 Å². The average Bonchev–Trinajstić information content (AvgIpc) is 3.23. The molecular weight excluding hydrogens is 400 g/mol. The number of rotatable bonds is 7. The van der Waals surface area contributed by atoms with Gasteiger partial charge in [-0.3, -0.25) is 14.3 Å². The van der Waals surface area contributed by atoms with Crippen molar-refractivity contribution < 1.29 is 4.74 Å². The molecule has 1 fully saturated rings. The maximum Gasteiger partial charge on any atom is 0.258 e. The van der Waals surface area contributed by atoms with E-state index in [1.165, 1.54) is 25.3 Å². The Bertz CT molecular complexity index is 1030. The van der Waals surface area contributed by atoms with Gasteiger partial charge in [0.15, 0.2) is 0 Å². The number of anilines is 1. The fourth-order valence-corrected chi connectivity index (χ4v) is 3.92. The third-order valence-electron chi connectivity index (χ3n) is 5.38. The minimum Gasteiger partial charge on any atom is -0.487 e. The Hall–Kier alpha value is -2.86. The molecule has 0 aromatic carbocycles. The van der Waals surface area contributed by atoms with Gasteiger partial charge in [0.05, 0.1) is 22.6 Å². The van der Waals surface area contributed by atoms with E-state index in [4.69, 9.17) is 16.3 Å². The van der Waals surface area contributed by atoms with Crippen molar-refractivity contribution in [2.45, 2.75) is 32.8 Å². The highest BCUT2D eigenvalue weighted by molar-refractivity contribution is 6.30. The number of hydrogen-bond donors (Lipinski definition) is 0. The zero-order valence-electron chi connectivity index (χ0n) is 17.0. The van der Waals surface area contributed by atoms with Crippen LogP contribution >= 0.6 is 11.6 Å². The van der Waals surface area contributed by atoms with Crippen LogP contribution in [0.15, 0.2) is 59.8 Å². The summed E-state index contributed by atoms with van der Waals surface area (Å²) in [6.45, 7) is 4.62. The van der Waals surface area contributed by atoms with E-state index in [1.54, 1.807) is 41.4 Å². The first-order valence-electron chi connectivity index (χ1n) is 10.3. The Labute approximate surface area is 181 Å². The molecule has 0 unspecified atom stereocenters. The van der Waals surface area contributed by atoms with E-state index in [0.29, 0.717) is 10.8 Å². The lowest BCUT2D eigenvalue weighted by molar-refractivity contribution is 0.300. The molecule has 4 heterocycles. The van der Waals surface area contributed by atoms with Crippen molar-refractivity contribution in [3.63, 3.8) is 0 Å². The van der Waals surface area contributed by atoms with Gasteiger partial charge < -0.3 is 9.64 Å². The highest BCUT2D eigenvalue weighted by atomic mass is 35.5. The van der Waals surface area contributed by atoms with Crippen LogP contribution in [0.25, 0.3) is 5.69 Å².